The molecule has 0 aliphatic carbocycles. The van der Waals surface area contributed by atoms with Crippen LogP contribution in [-0.4, -0.2) is 26.8 Å². The van der Waals surface area contributed by atoms with E-state index in [1.807, 2.05) is 6.92 Å². The number of benzene rings is 1. The molecule has 2 heterocycles. The summed E-state index contributed by atoms with van der Waals surface area (Å²) in [6.45, 7) is 1.83. The Morgan fingerprint density at radius 3 is 2.52 bits per heavy atom. The first kappa shape index (κ1) is 18.1. The third kappa shape index (κ3) is 3.76. The number of anilines is 1. The van der Waals surface area contributed by atoms with Crippen LogP contribution >= 0.6 is 0 Å². The lowest BCUT2D eigenvalue weighted by Gasteiger charge is -2.08. The summed E-state index contributed by atoms with van der Waals surface area (Å²) < 4.78 is 26.7. The van der Waals surface area contributed by atoms with E-state index in [2.05, 4.69) is 20.3 Å². The average Bonchev–Trinajstić information content (AvgIpc) is 2.65. The number of rotatable bonds is 4. The molecule has 3 rings (SSSR count). The van der Waals surface area contributed by atoms with Crippen LogP contribution in [0, 0.1) is 18.7 Å². The van der Waals surface area contributed by atoms with E-state index in [0.29, 0.717) is 16.8 Å². The van der Waals surface area contributed by atoms with Gasteiger partial charge in [0.05, 0.1) is 23.7 Å². The lowest BCUT2D eigenvalue weighted by Crippen LogP contribution is -2.16. The summed E-state index contributed by atoms with van der Waals surface area (Å²) in [6.07, 6.45) is 3.63. The molecule has 136 valence electrons. The highest BCUT2D eigenvalue weighted by Gasteiger charge is 2.17. The minimum atomic E-state index is -1.37. The zero-order valence-corrected chi connectivity index (χ0v) is 14.0. The van der Waals surface area contributed by atoms with E-state index in [0.717, 1.165) is 17.8 Å². The summed E-state index contributed by atoms with van der Waals surface area (Å²) in [6, 6.07) is 5.97. The van der Waals surface area contributed by atoms with Crippen LogP contribution in [-0.2, 0) is 0 Å². The first-order valence-corrected chi connectivity index (χ1v) is 7.71. The van der Waals surface area contributed by atoms with Crippen molar-refractivity contribution >= 4 is 17.6 Å². The quantitative estimate of drug-likeness (QED) is 0.687. The number of carbonyl (C=O) groups is 2. The third-order valence-corrected chi connectivity index (χ3v) is 3.78. The van der Waals surface area contributed by atoms with Gasteiger partial charge in [0.25, 0.3) is 5.91 Å². The SMILES string of the molecule is Cc1ccc(C(N)=O)cc1-c1cnc(NC(=O)c2ccnc(F)c2F)cn1. The molecule has 0 saturated carbocycles. The van der Waals surface area contributed by atoms with Crippen molar-refractivity contribution < 1.29 is 18.4 Å². The number of carbonyl (C=O) groups excluding carboxylic acids is 2. The van der Waals surface area contributed by atoms with Crippen LogP contribution in [0.2, 0.25) is 0 Å². The Kier molecular flexibility index (Phi) is 4.84. The lowest BCUT2D eigenvalue weighted by atomic mass is 10.0. The topological polar surface area (TPSA) is 111 Å². The van der Waals surface area contributed by atoms with E-state index in [1.54, 1.807) is 18.2 Å². The van der Waals surface area contributed by atoms with Crippen molar-refractivity contribution in [2.75, 3.05) is 5.32 Å². The first-order chi connectivity index (χ1) is 12.9. The molecule has 0 spiro atoms. The predicted octanol–water partition coefficient (Wildman–Crippen LogP) is 2.48. The summed E-state index contributed by atoms with van der Waals surface area (Å²) >= 11 is 0. The Morgan fingerprint density at radius 2 is 1.85 bits per heavy atom. The molecule has 3 N–H and O–H groups in total. The molecule has 1 aromatic carbocycles. The van der Waals surface area contributed by atoms with Crippen LogP contribution in [0.5, 0.6) is 0 Å². The number of hydrogen-bond acceptors (Lipinski definition) is 5. The zero-order valence-electron chi connectivity index (χ0n) is 14.0. The third-order valence-electron chi connectivity index (χ3n) is 3.78. The number of nitrogens with zero attached hydrogens (tertiary/aromatic N) is 3. The van der Waals surface area contributed by atoms with Gasteiger partial charge in [-0.05, 0) is 30.7 Å². The van der Waals surface area contributed by atoms with Gasteiger partial charge in [-0.3, -0.25) is 14.6 Å². The lowest BCUT2D eigenvalue weighted by molar-refractivity contribution is 0.0997. The Labute approximate surface area is 152 Å². The van der Waals surface area contributed by atoms with E-state index in [4.69, 9.17) is 5.73 Å². The number of nitrogens with one attached hydrogen (secondary N) is 1. The Morgan fingerprint density at radius 1 is 1.07 bits per heavy atom. The smallest absolute Gasteiger partial charge is 0.260 e. The van der Waals surface area contributed by atoms with Gasteiger partial charge in [0.1, 0.15) is 0 Å². The van der Waals surface area contributed by atoms with Crippen LogP contribution < -0.4 is 11.1 Å². The van der Waals surface area contributed by atoms with E-state index >= 15 is 0 Å². The van der Waals surface area contributed by atoms with Crippen molar-refractivity contribution in [2.45, 2.75) is 6.92 Å². The molecule has 0 radical (unpaired) electrons. The van der Waals surface area contributed by atoms with Crippen molar-refractivity contribution in [1.82, 2.24) is 15.0 Å². The minimum absolute atomic E-state index is 0.0454. The standard InChI is InChI=1S/C18H13F2N5O2/c1-9-2-3-10(17(21)26)6-12(9)13-7-24-14(8-23-13)25-18(27)11-4-5-22-16(20)15(11)19/h2-8H,1H3,(H2,21,26)(H,24,25,27). The van der Waals surface area contributed by atoms with Crippen LogP contribution in [0.3, 0.4) is 0 Å². The van der Waals surface area contributed by atoms with Gasteiger partial charge in [0.15, 0.2) is 11.6 Å². The molecule has 0 aliphatic heterocycles. The summed E-state index contributed by atoms with van der Waals surface area (Å²) in [5.41, 5.74) is 7.06. The van der Waals surface area contributed by atoms with E-state index in [9.17, 15) is 18.4 Å². The highest BCUT2D eigenvalue weighted by atomic mass is 19.2. The largest absolute Gasteiger partial charge is 0.366 e. The minimum Gasteiger partial charge on any atom is -0.366 e. The number of nitrogens with two attached hydrogens (primary N) is 1. The number of pyridine rings is 1. The molecule has 0 bridgehead atoms. The van der Waals surface area contributed by atoms with Crippen LogP contribution in [0.25, 0.3) is 11.3 Å². The average molecular weight is 369 g/mol. The van der Waals surface area contributed by atoms with Gasteiger partial charge in [0, 0.05) is 17.3 Å². The molecule has 2 aromatic heterocycles. The fraction of sp³-hybridized carbons (Fsp3) is 0.0556. The summed E-state index contributed by atoms with van der Waals surface area (Å²) in [7, 11) is 0. The fourth-order valence-electron chi connectivity index (χ4n) is 2.36. The molecule has 0 atom stereocenters. The van der Waals surface area contributed by atoms with E-state index in [-0.39, 0.29) is 5.82 Å². The van der Waals surface area contributed by atoms with Crippen molar-refractivity contribution in [2.24, 2.45) is 5.73 Å². The zero-order chi connectivity index (χ0) is 19.6. The van der Waals surface area contributed by atoms with Gasteiger partial charge >= 0.3 is 0 Å². The predicted molar refractivity (Wildman–Crippen MR) is 92.8 cm³/mol. The van der Waals surface area contributed by atoms with Crippen molar-refractivity contribution in [3.8, 4) is 11.3 Å². The second-order valence-electron chi connectivity index (χ2n) is 5.60. The maximum atomic E-state index is 13.6. The summed E-state index contributed by atoms with van der Waals surface area (Å²) in [4.78, 5) is 34.7. The number of halogens is 2. The maximum Gasteiger partial charge on any atom is 0.260 e. The van der Waals surface area contributed by atoms with Crippen molar-refractivity contribution in [3.63, 3.8) is 0 Å². The maximum absolute atomic E-state index is 13.6. The van der Waals surface area contributed by atoms with Crippen molar-refractivity contribution in [3.05, 3.63) is 71.3 Å². The van der Waals surface area contributed by atoms with Crippen LogP contribution in [0.4, 0.5) is 14.6 Å². The molecular formula is C18H13F2N5O2. The monoisotopic (exact) mass is 369 g/mol. The highest BCUT2D eigenvalue weighted by Crippen LogP contribution is 2.23. The van der Waals surface area contributed by atoms with Crippen LogP contribution in [0.1, 0.15) is 26.3 Å². The molecule has 3 aromatic rings. The van der Waals surface area contributed by atoms with E-state index in [1.165, 1.54) is 12.4 Å². The van der Waals surface area contributed by atoms with Gasteiger partial charge in [0.2, 0.25) is 11.9 Å². The number of amides is 2. The number of primary amides is 1. The van der Waals surface area contributed by atoms with Crippen LogP contribution in [0.15, 0.2) is 42.9 Å². The number of aromatic nitrogens is 3. The molecular weight excluding hydrogens is 356 g/mol. The number of hydrogen-bond donors (Lipinski definition) is 2. The van der Waals surface area contributed by atoms with Crippen molar-refractivity contribution in [1.29, 1.82) is 0 Å². The van der Waals surface area contributed by atoms with Gasteiger partial charge in [-0.25, -0.2) is 14.4 Å². The Balaban J connectivity index is 1.84. The summed E-state index contributed by atoms with van der Waals surface area (Å²) in [5.74, 6) is -4.13. The Bertz CT molecular complexity index is 1040. The molecule has 0 unspecified atom stereocenters. The highest BCUT2D eigenvalue weighted by molar-refractivity contribution is 6.03. The molecule has 27 heavy (non-hydrogen) atoms. The molecule has 0 aliphatic rings. The van der Waals surface area contributed by atoms with Gasteiger partial charge < -0.3 is 11.1 Å². The molecule has 0 saturated heterocycles. The first-order valence-electron chi connectivity index (χ1n) is 7.71. The van der Waals surface area contributed by atoms with E-state index < -0.39 is 29.1 Å². The number of aryl methyl sites for hydroxylation is 1. The Hall–Kier alpha value is -3.75. The van der Waals surface area contributed by atoms with Gasteiger partial charge in [-0.15, -0.1) is 0 Å². The fourth-order valence-corrected chi connectivity index (χ4v) is 2.36. The molecule has 0 fully saturated rings. The second kappa shape index (κ2) is 7.24. The normalized spacial score (nSPS) is 10.5. The molecule has 9 heteroatoms. The van der Waals surface area contributed by atoms with Gasteiger partial charge in [-0.2, -0.15) is 4.39 Å². The van der Waals surface area contributed by atoms with Gasteiger partial charge in [-0.1, -0.05) is 6.07 Å². The summed E-state index contributed by atoms with van der Waals surface area (Å²) in [5, 5.41) is 2.33. The molecule has 2 amide bonds. The molecule has 7 nitrogen and oxygen atoms in total. The second-order valence-corrected chi connectivity index (χ2v) is 5.60.